The maximum absolute atomic E-state index is 6.42. The zero-order chi connectivity index (χ0) is 12.3. The Bertz CT molecular complexity index is 456. The summed E-state index contributed by atoms with van der Waals surface area (Å²) in [5, 5.41) is 0. The summed E-state index contributed by atoms with van der Waals surface area (Å²) in [5.41, 5.74) is 8.86. The lowest BCUT2D eigenvalue weighted by atomic mass is 10.0. The molecule has 2 N–H and O–H groups in total. The first kappa shape index (κ1) is 11.9. The Hall–Kier alpha value is -1.60. The Morgan fingerprint density at radius 1 is 1.35 bits per heavy atom. The van der Waals surface area contributed by atoms with Gasteiger partial charge in [-0.3, -0.25) is 0 Å². The minimum atomic E-state index is -0.146. The van der Waals surface area contributed by atoms with Crippen molar-refractivity contribution in [2.45, 2.75) is 24.8 Å². The SMILES string of the molecule is C=C/C=C\C=C(/C)[C@@]1(N)C[C@@H]1c1ccccc1. The molecule has 88 valence electrons. The third kappa shape index (κ3) is 2.40. The molecule has 1 saturated carbocycles. The zero-order valence-electron chi connectivity index (χ0n) is 10.3. The van der Waals surface area contributed by atoms with Gasteiger partial charge in [0.05, 0.1) is 0 Å². The minimum absolute atomic E-state index is 0.146. The Morgan fingerprint density at radius 3 is 2.71 bits per heavy atom. The van der Waals surface area contributed by atoms with Crippen molar-refractivity contribution in [3.63, 3.8) is 0 Å². The highest BCUT2D eigenvalue weighted by Gasteiger charge is 2.52. The van der Waals surface area contributed by atoms with Crippen LogP contribution in [0.1, 0.15) is 24.8 Å². The summed E-state index contributed by atoms with van der Waals surface area (Å²) in [6.07, 6.45) is 8.82. The number of hydrogen-bond acceptors (Lipinski definition) is 1. The van der Waals surface area contributed by atoms with Crippen LogP contribution >= 0.6 is 0 Å². The van der Waals surface area contributed by atoms with E-state index >= 15 is 0 Å². The molecule has 2 rings (SSSR count). The summed E-state index contributed by atoms with van der Waals surface area (Å²) in [6, 6.07) is 10.5. The zero-order valence-corrected chi connectivity index (χ0v) is 10.3. The van der Waals surface area contributed by atoms with Crippen LogP contribution in [0.3, 0.4) is 0 Å². The maximum atomic E-state index is 6.42. The van der Waals surface area contributed by atoms with Gasteiger partial charge in [0.1, 0.15) is 0 Å². The van der Waals surface area contributed by atoms with Gasteiger partial charge in [-0.25, -0.2) is 0 Å². The van der Waals surface area contributed by atoms with Crippen molar-refractivity contribution >= 4 is 0 Å². The fraction of sp³-hybridized carbons (Fsp3) is 0.250. The van der Waals surface area contributed by atoms with Crippen LogP contribution in [-0.4, -0.2) is 5.54 Å². The molecule has 1 fully saturated rings. The number of hydrogen-bond donors (Lipinski definition) is 1. The van der Waals surface area contributed by atoms with Crippen LogP contribution in [0, 0.1) is 0 Å². The minimum Gasteiger partial charge on any atom is -0.321 e. The molecular formula is C16H19N. The molecule has 0 heterocycles. The third-order valence-electron chi connectivity index (χ3n) is 3.53. The fourth-order valence-electron chi connectivity index (χ4n) is 2.25. The van der Waals surface area contributed by atoms with Crippen molar-refractivity contribution in [2.24, 2.45) is 5.73 Å². The molecule has 0 spiro atoms. The summed E-state index contributed by atoms with van der Waals surface area (Å²) in [5.74, 6) is 0.470. The lowest BCUT2D eigenvalue weighted by Crippen LogP contribution is -2.25. The van der Waals surface area contributed by atoms with E-state index in [4.69, 9.17) is 5.73 Å². The third-order valence-corrected chi connectivity index (χ3v) is 3.53. The topological polar surface area (TPSA) is 26.0 Å². The molecule has 0 saturated heterocycles. The van der Waals surface area contributed by atoms with Crippen molar-refractivity contribution in [2.75, 3.05) is 0 Å². The second kappa shape index (κ2) is 4.72. The molecular weight excluding hydrogens is 206 g/mol. The van der Waals surface area contributed by atoms with E-state index in [1.807, 2.05) is 18.2 Å². The highest BCUT2D eigenvalue weighted by Crippen LogP contribution is 2.53. The van der Waals surface area contributed by atoms with E-state index in [0.717, 1.165) is 6.42 Å². The van der Waals surface area contributed by atoms with E-state index in [1.54, 1.807) is 6.08 Å². The molecule has 0 aromatic heterocycles. The molecule has 1 heteroatoms. The first-order chi connectivity index (χ1) is 8.18. The van der Waals surface area contributed by atoms with Crippen LogP contribution in [0.5, 0.6) is 0 Å². The van der Waals surface area contributed by atoms with E-state index in [1.165, 1.54) is 11.1 Å². The Kier molecular flexibility index (Phi) is 3.30. The molecule has 0 amide bonds. The van der Waals surface area contributed by atoms with Crippen LogP contribution in [0.25, 0.3) is 0 Å². The van der Waals surface area contributed by atoms with Crippen LogP contribution in [-0.2, 0) is 0 Å². The summed E-state index contributed by atoms with van der Waals surface area (Å²) < 4.78 is 0. The van der Waals surface area contributed by atoms with Crippen molar-refractivity contribution in [3.05, 3.63) is 72.4 Å². The van der Waals surface area contributed by atoms with E-state index in [2.05, 4.69) is 43.8 Å². The summed E-state index contributed by atoms with van der Waals surface area (Å²) in [7, 11) is 0. The first-order valence-electron chi connectivity index (χ1n) is 5.99. The largest absolute Gasteiger partial charge is 0.321 e. The van der Waals surface area contributed by atoms with Gasteiger partial charge in [0.25, 0.3) is 0 Å². The standard InChI is InChI=1S/C16H19N/c1-3-4-6-9-13(2)16(17)12-15(16)14-10-7-5-8-11-14/h3-11,15H,1,12,17H2,2H3/b6-4-,13-9+/t15-,16+/m1/s1. The normalized spacial score (nSPS) is 28.4. The highest BCUT2D eigenvalue weighted by molar-refractivity contribution is 5.42. The molecule has 1 aromatic carbocycles. The molecule has 1 aromatic rings. The molecule has 0 aliphatic heterocycles. The second-order valence-corrected chi connectivity index (χ2v) is 4.68. The van der Waals surface area contributed by atoms with E-state index in [9.17, 15) is 0 Å². The smallest absolute Gasteiger partial charge is 0.0446 e. The van der Waals surface area contributed by atoms with Gasteiger partial charge in [-0.2, -0.15) is 0 Å². The van der Waals surface area contributed by atoms with E-state index in [0.29, 0.717) is 5.92 Å². The monoisotopic (exact) mass is 225 g/mol. The van der Waals surface area contributed by atoms with Crippen molar-refractivity contribution in [3.8, 4) is 0 Å². The van der Waals surface area contributed by atoms with E-state index < -0.39 is 0 Å². The molecule has 0 bridgehead atoms. The van der Waals surface area contributed by atoms with Gasteiger partial charge in [-0.15, -0.1) is 0 Å². The number of rotatable bonds is 4. The molecule has 1 nitrogen and oxygen atoms in total. The Labute approximate surface area is 103 Å². The predicted octanol–water partition coefficient (Wildman–Crippen LogP) is 3.56. The lowest BCUT2D eigenvalue weighted by Gasteiger charge is -2.12. The van der Waals surface area contributed by atoms with Crippen molar-refractivity contribution in [1.82, 2.24) is 0 Å². The first-order valence-corrected chi connectivity index (χ1v) is 5.99. The van der Waals surface area contributed by atoms with Crippen molar-refractivity contribution < 1.29 is 0 Å². The number of nitrogens with two attached hydrogens (primary N) is 1. The Morgan fingerprint density at radius 2 is 2.06 bits per heavy atom. The highest BCUT2D eigenvalue weighted by atomic mass is 14.9. The van der Waals surface area contributed by atoms with Crippen LogP contribution in [0.4, 0.5) is 0 Å². The molecule has 1 aliphatic rings. The van der Waals surface area contributed by atoms with Crippen LogP contribution in [0.2, 0.25) is 0 Å². The average Bonchev–Trinajstić information content (AvgIpc) is 3.05. The molecule has 0 radical (unpaired) electrons. The van der Waals surface area contributed by atoms with Crippen LogP contribution in [0.15, 0.2) is 66.8 Å². The summed E-state index contributed by atoms with van der Waals surface area (Å²) in [6.45, 7) is 5.76. The molecule has 2 atom stereocenters. The molecule has 17 heavy (non-hydrogen) atoms. The van der Waals surface area contributed by atoms with Crippen LogP contribution < -0.4 is 5.73 Å². The lowest BCUT2D eigenvalue weighted by molar-refractivity contribution is 0.758. The van der Waals surface area contributed by atoms with Crippen molar-refractivity contribution in [1.29, 1.82) is 0 Å². The number of allylic oxidation sites excluding steroid dienone is 4. The predicted molar refractivity (Wildman–Crippen MR) is 73.8 cm³/mol. The second-order valence-electron chi connectivity index (χ2n) is 4.68. The molecule has 1 aliphatic carbocycles. The van der Waals surface area contributed by atoms with Gasteiger partial charge in [-0.05, 0) is 18.9 Å². The maximum Gasteiger partial charge on any atom is 0.0446 e. The quantitative estimate of drug-likeness (QED) is 0.779. The fourth-order valence-corrected chi connectivity index (χ4v) is 2.25. The van der Waals surface area contributed by atoms with Gasteiger partial charge < -0.3 is 5.73 Å². The van der Waals surface area contributed by atoms with E-state index in [-0.39, 0.29) is 5.54 Å². The van der Waals surface area contributed by atoms with Gasteiger partial charge in [0.2, 0.25) is 0 Å². The number of benzene rings is 1. The summed E-state index contributed by atoms with van der Waals surface area (Å²) >= 11 is 0. The van der Waals surface area contributed by atoms with Gasteiger partial charge in [0.15, 0.2) is 0 Å². The Balaban J connectivity index is 2.12. The van der Waals surface area contributed by atoms with Gasteiger partial charge in [-0.1, -0.05) is 66.8 Å². The average molecular weight is 225 g/mol. The van der Waals surface area contributed by atoms with Gasteiger partial charge >= 0.3 is 0 Å². The van der Waals surface area contributed by atoms with Gasteiger partial charge in [0, 0.05) is 11.5 Å². The summed E-state index contributed by atoms with van der Waals surface area (Å²) in [4.78, 5) is 0. The molecule has 0 unspecified atom stereocenters.